The number of hydrogen-bond acceptors (Lipinski definition) is 3. The topological polar surface area (TPSA) is 35.3 Å². The molecule has 0 bridgehead atoms. The summed E-state index contributed by atoms with van der Waals surface area (Å²) >= 11 is 5.92. The molecular weight excluding hydrogens is 274 g/mol. The second-order valence-electron chi connectivity index (χ2n) is 4.24. The highest BCUT2D eigenvalue weighted by Gasteiger charge is 2.15. The Hall–Kier alpha value is -2.26. The maximum Gasteiger partial charge on any atom is 0.293 e. The number of nitrogens with zero attached hydrogens (tertiary/aromatic N) is 1. The fourth-order valence-corrected chi connectivity index (χ4v) is 2.19. The molecule has 0 N–H and O–H groups in total. The molecule has 0 atom stereocenters. The van der Waals surface area contributed by atoms with Crippen molar-refractivity contribution in [1.29, 1.82) is 0 Å². The molecule has 0 fully saturated rings. The average molecular weight is 286 g/mol. The molecule has 1 heterocycles. The van der Waals surface area contributed by atoms with E-state index in [1.807, 2.05) is 54.6 Å². The molecule has 0 unspecified atom stereocenters. The van der Waals surface area contributed by atoms with E-state index in [1.54, 1.807) is 7.11 Å². The van der Waals surface area contributed by atoms with Gasteiger partial charge in [-0.25, -0.2) is 0 Å². The van der Waals surface area contributed by atoms with Crippen LogP contribution in [0.1, 0.15) is 0 Å². The lowest BCUT2D eigenvalue weighted by Crippen LogP contribution is -1.84. The summed E-state index contributed by atoms with van der Waals surface area (Å²) in [4.78, 5) is 4.27. The minimum atomic E-state index is 0.134. The predicted molar refractivity (Wildman–Crippen MR) is 78.9 cm³/mol. The second kappa shape index (κ2) is 5.39. The van der Waals surface area contributed by atoms with Crippen LogP contribution in [0.2, 0.25) is 5.35 Å². The summed E-state index contributed by atoms with van der Waals surface area (Å²) in [5, 5.41) is 0.134. The molecule has 0 saturated heterocycles. The molecule has 20 heavy (non-hydrogen) atoms. The number of rotatable bonds is 3. The van der Waals surface area contributed by atoms with Crippen LogP contribution in [0.3, 0.4) is 0 Å². The molecular formula is C16H12ClNO2. The van der Waals surface area contributed by atoms with Crippen molar-refractivity contribution >= 4 is 11.6 Å². The number of hydrogen-bond donors (Lipinski definition) is 0. The van der Waals surface area contributed by atoms with Gasteiger partial charge in [-0.1, -0.05) is 30.3 Å². The van der Waals surface area contributed by atoms with Gasteiger partial charge in [0.1, 0.15) is 11.4 Å². The van der Waals surface area contributed by atoms with Crippen LogP contribution in [-0.4, -0.2) is 12.1 Å². The summed E-state index contributed by atoms with van der Waals surface area (Å²) in [5.41, 5.74) is 2.61. The Labute approximate surface area is 121 Å². The zero-order valence-electron chi connectivity index (χ0n) is 10.8. The van der Waals surface area contributed by atoms with E-state index in [0.29, 0.717) is 5.76 Å². The largest absolute Gasteiger partial charge is 0.497 e. The zero-order chi connectivity index (χ0) is 13.9. The summed E-state index contributed by atoms with van der Waals surface area (Å²) in [7, 11) is 1.63. The van der Waals surface area contributed by atoms with Gasteiger partial charge < -0.3 is 9.15 Å². The number of aromatic nitrogens is 1. The lowest BCUT2D eigenvalue weighted by Gasteiger charge is -2.03. The van der Waals surface area contributed by atoms with Gasteiger partial charge in [-0.3, -0.25) is 0 Å². The molecule has 100 valence electrons. The van der Waals surface area contributed by atoms with Crippen molar-refractivity contribution in [3.05, 3.63) is 59.9 Å². The minimum Gasteiger partial charge on any atom is -0.497 e. The Morgan fingerprint density at radius 2 is 1.65 bits per heavy atom. The normalized spacial score (nSPS) is 10.5. The molecule has 3 rings (SSSR count). The summed E-state index contributed by atoms with van der Waals surface area (Å²) in [6.07, 6.45) is 0. The minimum absolute atomic E-state index is 0.134. The van der Waals surface area contributed by atoms with Gasteiger partial charge in [-0.15, -0.1) is 0 Å². The van der Waals surface area contributed by atoms with E-state index in [4.69, 9.17) is 20.8 Å². The van der Waals surface area contributed by atoms with Crippen molar-refractivity contribution in [1.82, 2.24) is 4.98 Å². The Kier molecular flexibility index (Phi) is 3.44. The van der Waals surface area contributed by atoms with Crippen LogP contribution in [-0.2, 0) is 0 Å². The Bertz CT molecular complexity index is 705. The SMILES string of the molecule is COc1ccc(-c2oc(Cl)nc2-c2ccccc2)cc1. The second-order valence-corrected chi connectivity index (χ2v) is 4.56. The number of benzene rings is 2. The van der Waals surface area contributed by atoms with Crippen molar-refractivity contribution in [3.8, 4) is 28.3 Å². The molecule has 0 aliphatic rings. The van der Waals surface area contributed by atoms with Gasteiger partial charge in [0.2, 0.25) is 0 Å². The number of halogens is 1. The molecule has 0 aliphatic heterocycles. The number of ether oxygens (including phenoxy) is 1. The standard InChI is InChI=1S/C16H12ClNO2/c1-19-13-9-7-12(8-10-13)15-14(18-16(17)20-15)11-5-3-2-4-6-11/h2-10H,1H3. The first-order chi connectivity index (χ1) is 9.78. The third kappa shape index (κ3) is 2.40. The van der Waals surface area contributed by atoms with Gasteiger partial charge >= 0.3 is 0 Å². The molecule has 0 spiro atoms. The van der Waals surface area contributed by atoms with Crippen molar-refractivity contribution < 1.29 is 9.15 Å². The predicted octanol–water partition coefficient (Wildman–Crippen LogP) is 4.67. The fourth-order valence-electron chi connectivity index (χ4n) is 2.02. The summed E-state index contributed by atoms with van der Waals surface area (Å²) in [6.45, 7) is 0. The number of oxazole rings is 1. The summed E-state index contributed by atoms with van der Waals surface area (Å²) < 4.78 is 10.7. The molecule has 0 radical (unpaired) electrons. The van der Waals surface area contributed by atoms with Gasteiger partial charge in [0.15, 0.2) is 5.76 Å². The van der Waals surface area contributed by atoms with Crippen molar-refractivity contribution in [2.24, 2.45) is 0 Å². The van der Waals surface area contributed by atoms with Crippen LogP contribution < -0.4 is 4.74 Å². The molecule has 3 aromatic rings. The highest BCUT2D eigenvalue weighted by Crippen LogP contribution is 2.34. The van der Waals surface area contributed by atoms with Gasteiger partial charge in [0.25, 0.3) is 5.35 Å². The molecule has 3 nitrogen and oxygen atoms in total. The van der Waals surface area contributed by atoms with Gasteiger partial charge in [0.05, 0.1) is 7.11 Å². The quantitative estimate of drug-likeness (QED) is 0.701. The van der Waals surface area contributed by atoms with Crippen molar-refractivity contribution in [2.45, 2.75) is 0 Å². The number of methoxy groups -OCH3 is 1. The van der Waals surface area contributed by atoms with E-state index in [1.165, 1.54) is 0 Å². The van der Waals surface area contributed by atoms with Crippen LogP contribution >= 0.6 is 11.6 Å². The van der Waals surface area contributed by atoms with E-state index >= 15 is 0 Å². The first kappa shape index (κ1) is 12.8. The van der Waals surface area contributed by atoms with Crippen LogP contribution in [0.4, 0.5) is 0 Å². The van der Waals surface area contributed by atoms with E-state index in [9.17, 15) is 0 Å². The fraction of sp³-hybridized carbons (Fsp3) is 0.0625. The van der Waals surface area contributed by atoms with Crippen LogP contribution in [0.15, 0.2) is 59.0 Å². The monoisotopic (exact) mass is 285 g/mol. The van der Waals surface area contributed by atoms with Crippen LogP contribution in [0.5, 0.6) is 5.75 Å². The average Bonchev–Trinajstić information content (AvgIpc) is 2.90. The highest BCUT2D eigenvalue weighted by molar-refractivity contribution is 6.28. The van der Waals surface area contributed by atoms with E-state index in [2.05, 4.69) is 4.98 Å². The molecule has 2 aromatic carbocycles. The van der Waals surface area contributed by atoms with Crippen LogP contribution in [0, 0.1) is 0 Å². The Morgan fingerprint density at radius 3 is 2.30 bits per heavy atom. The van der Waals surface area contributed by atoms with E-state index < -0.39 is 0 Å². The van der Waals surface area contributed by atoms with Gasteiger partial charge in [-0.2, -0.15) is 4.98 Å². The van der Waals surface area contributed by atoms with Crippen molar-refractivity contribution in [3.63, 3.8) is 0 Å². The first-order valence-electron chi connectivity index (χ1n) is 6.14. The maximum absolute atomic E-state index is 5.92. The molecule has 0 amide bonds. The Morgan fingerprint density at radius 1 is 0.950 bits per heavy atom. The van der Waals surface area contributed by atoms with Crippen LogP contribution in [0.25, 0.3) is 22.6 Å². The maximum atomic E-state index is 5.92. The van der Waals surface area contributed by atoms with Gasteiger partial charge in [0, 0.05) is 11.1 Å². The molecule has 0 saturated carbocycles. The molecule has 0 aliphatic carbocycles. The van der Waals surface area contributed by atoms with Crippen molar-refractivity contribution in [2.75, 3.05) is 7.11 Å². The van der Waals surface area contributed by atoms with E-state index in [0.717, 1.165) is 22.6 Å². The first-order valence-corrected chi connectivity index (χ1v) is 6.52. The summed E-state index contributed by atoms with van der Waals surface area (Å²) in [6, 6.07) is 17.4. The zero-order valence-corrected chi connectivity index (χ0v) is 11.6. The molecule has 4 heteroatoms. The Balaban J connectivity index is 2.09. The summed E-state index contributed by atoms with van der Waals surface area (Å²) in [5.74, 6) is 1.45. The smallest absolute Gasteiger partial charge is 0.293 e. The van der Waals surface area contributed by atoms with E-state index in [-0.39, 0.29) is 5.35 Å². The third-order valence-corrected chi connectivity index (χ3v) is 3.16. The van der Waals surface area contributed by atoms with Gasteiger partial charge in [-0.05, 0) is 35.9 Å². The lowest BCUT2D eigenvalue weighted by molar-refractivity contribution is 0.415. The molecule has 1 aromatic heterocycles. The lowest BCUT2D eigenvalue weighted by atomic mass is 10.1. The highest BCUT2D eigenvalue weighted by atomic mass is 35.5. The third-order valence-electron chi connectivity index (χ3n) is 3.00.